The van der Waals surface area contributed by atoms with E-state index in [0.717, 1.165) is 52.3 Å². The average molecular weight is 489 g/mol. The van der Waals surface area contributed by atoms with Crippen LogP contribution in [0.3, 0.4) is 0 Å². The van der Waals surface area contributed by atoms with Gasteiger partial charge in [-0.2, -0.15) is 5.26 Å². The van der Waals surface area contributed by atoms with Gasteiger partial charge in [-0.05, 0) is 81.6 Å². The van der Waals surface area contributed by atoms with E-state index >= 15 is 0 Å². The molecular formula is C30H28N6O. The average Bonchev–Trinajstić information content (AvgIpc) is 3.15. The molecule has 7 nitrogen and oxygen atoms in total. The number of rotatable bonds is 3. The summed E-state index contributed by atoms with van der Waals surface area (Å²) in [4.78, 5) is 24.3. The van der Waals surface area contributed by atoms with Gasteiger partial charge in [0.15, 0.2) is 0 Å². The smallest absolute Gasteiger partial charge is 0.236 e. The molecule has 37 heavy (non-hydrogen) atoms. The van der Waals surface area contributed by atoms with Crippen molar-refractivity contribution in [3.05, 3.63) is 82.7 Å². The van der Waals surface area contributed by atoms with Gasteiger partial charge in [0.05, 0.1) is 16.5 Å². The molecule has 184 valence electrons. The second-order valence-electron chi connectivity index (χ2n) is 10.2. The van der Waals surface area contributed by atoms with Crippen LogP contribution >= 0.6 is 0 Å². The van der Waals surface area contributed by atoms with E-state index in [2.05, 4.69) is 82.9 Å². The SMILES string of the molecule is Cc1cc(C)c2nc(C)cc(Nc3ccc(N4CCC5(CC4)C(=O)Nc4ncc(C#N)cc45)cc3)c2c1. The number of carbonyl (C=O) groups excluding carboxylic acids is 1. The zero-order valence-corrected chi connectivity index (χ0v) is 21.2. The Bertz CT molecular complexity index is 1590. The van der Waals surface area contributed by atoms with E-state index < -0.39 is 5.41 Å². The standard InChI is InChI=1S/C30H28N6O/c1-18-12-19(2)27-24(13-18)26(14-20(3)33-27)34-22-4-6-23(7-5-22)36-10-8-30(9-11-36)25-15-21(16-31)17-32-28(25)35-29(30)37/h4-7,12-15,17H,8-11H2,1-3H3,(H,33,34)(H,32,35,37). The van der Waals surface area contributed by atoms with Crippen molar-refractivity contribution >= 4 is 39.7 Å². The number of nitriles is 1. The molecule has 1 fully saturated rings. The zero-order chi connectivity index (χ0) is 25.7. The Balaban J connectivity index is 1.21. The summed E-state index contributed by atoms with van der Waals surface area (Å²) in [5, 5.41) is 17.0. The molecule has 2 aliphatic rings. The topological polar surface area (TPSA) is 93.9 Å². The third-order valence-corrected chi connectivity index (χ3v) is 7.70. The number of aromatic nitrogens is 2. The molecule has 0 bridgehead atoms. The molecule has 0 aliphatic carbocycles. The molecule has 2 aromatic heterocycles. The first-order valence-corrected chi connectivity index (χ1v) is 12.6. The summed E-state index contributed by atoms with van der Waals surface area (Å²) in [6.45, 7) is 7.75. The first-order chi connectivity index (χ1) is 17.9. The van der Waals surface area contributed by atoms with Gasteiger partial charge < -0.3 is 15.5 Å². The number of pyridine rings is 2. The summed E-state index contributed by atoms with van der Waals surface area (Å²) >= 11 is 0. The first kappa shape index (κ1) is 23.0. The van der Waals surface area contributed by atoms with Gasteiger partial charge in [0.25, 0.3) is 0 Å². The zero-order valence-electron chi connectivity index (χ0n) is 21.2. The lowest BCUT2D eigenvalue weighted by molar-refractivity contribution is -0.121. The number of hydrogen-bond donors (Lipinski definition) is 2. The monoisotopic (exact) mass is 488 g/mol. The van der Waals surface area contributed by atoms with Gasteiger partial charge in [-0.1, -0.05) is 11.6 Å². The Labute approximate surface area is 216 Å². The van der Waals surface area contributed by atoms with Crippen LogP contribution in [0, 0.1) is 32.1 Å². The van der Waals surface area contributed by atoms with Gasteiger partial charge >= 0.3 is 0 Å². The van der Waals surface area contributed by atoms with Crippen LogP contribution in [0.5, 0.6) is 0 Å². The van der Waals surface area contributed by atoms with E-state index in [4.69, 9.17) is 4.98 Å². The van der Waals surface area contributed by atoms with Gasteiger partial charge in [0, 0.05) is 53.0 Å². The second kappa shape index (κ2) is 8.59. The fourth-order valence-electron chi connectivity index (χ4n) is 5.81. The molecule has 1 spiro atoms. The molecule has 1 saturated heterocycles. The Morgan fingerprint density at radius 1 is 1.05 bits per heavy atom. The van der Waals surface area contributed by atoms with Gasteiger partial charge in [-0.3, -0.25) is 9.78 Å². The molecule has 0 radical (unpaired) electrons. The number of fused-ring (bicyclic) bond motifs is 3. The van der Waals surface area contributed by atoms with Crippen LogP contribution < -0.4 is 15.5 Å². The Hall–Kier alpha value is -4.44. The molecule has 2 N–H and O–H groups in total. The molecule has 0 saturated carbocycles. The molecular weight excluding hydrogens is 460 g/mol. The second-order valence-corrected chi connectivity index (χ2v) is 10.2. The summed E-state index contributed by atoms with van der Waals surface area (Å²) in [6, 6.07) is 18.9. The normalized spacial score (nSPS) is 15.9. The van der Waals surface area contributed by atoms with E-state index in [0.29, 0.717) is 24.2 Å². The number of hydrogen-bond acceptors (Lipinski definition) is 6. The van der Waals surface area contributed by atoms with Gasteiger partial charge in [-0.15, -0.1) is 0 Å². The minimum Gasteiger partial charge on any atom is -0.371 e. The Kier molecular flexibility index (Phi) is 5.34. The number of aryl methyl sites for hydroxylation is 3. The largest absolute Gasteiger partial charge is 0.371 e. The van der Waals surface area contributed by atoms with Gasteiger partial charge in [0.1, 0.15) is 11.9 Å². The summed E-state index contributed by atoms with van der Waals surface area (Å²) in [5.74, 6) is 0.590. The number of carbonyl (C=O) groups is 1. The maximum absolute atomic E-state index is 13.0. The molecule has 4 heterocycles. The van der Waals surface area contributed by atoms with E-state index in [1.54, 1.807) is 0 Å². The van der Waals surface area contributed by atoms with Crippen molar-refractivity contribution in [2.45, 2.75) is 39.0 Å². The van der Waals surface area contributed by atoms with Gasteiger partial charge in [-0.25, -0.2) is 4.98 Å². The molecule has 2 aliphatic heterocycles. The van der Waals surface area contributed by atoms with Crippen LogP contribution in [0.15, 0.2) is 54.7 Å². The van der Waals surface area contributed by atoms with E-state index in [1.807, 2.05) is 13.0 Å². The third-order valence-electron chi connectivity index (χ3n) is 7.70. The van der Waals surface area contributed by atoms with Gasteiger partial charge in [0.2, 0.25) is 5.91 Å². The van der Waals surface area contributed by atoms with Crippen LogP contribution in [0.1, 0.15) is 40.8 Å². The molecule has 0 atom stereocenters. The fraction of sp³-hybridized carbons (Fsp3) is 0.267. The summed E-state index contributed by atoms with van der Waals surface area (Å²) in [6.07, 6.45) is 2.88. The van der Waals surface area contributed by atoms with E-state index in [9.17, 15) is 10.1 Å². The highest BCUT2D eigenvalue weighted by Crippen LogP contribution is 2.45. The highest BCUT2D eigenvalue weighted by Gasteiger charge is 2.49. The molecule has 7 heteroatoms. The van der Waals surface area contributed by atoms with Crippen LogP contribution in [0.4, 0.5) is 22.9 Å². The lowest BCUT2D eigenvalue weighted by Crippen LogP contribution is -2.46. The fourth-order valence-corrected chi connectivity index (χ4v) is 5.81. The maximum atomic E-state index is 13.0. The number of nitrogens with zero attached hydrogens (tertiary/aromatic N) is 4. The van der Waals surface area contributed by atoms with Crippen molar-refractivity contribution in [3.8, 4) is 6.07 Å². The minimum atomic E-state index is -0.607. The van der Waals surface area contributed by atoms with Crippen molar-refractivity contribution < 1.29 is 4.79 Å². The predicted octanol–water partition coefficient (Wildman–Crippen LogP) is 5.66. The molecule has 0 unspecified atom stereocenters. The number of benzene rings is 2. The van der Waals surface area contributed by atoms with Crippen LogP contribution in [-0.2, 0) is 10.2 Å². The van der Waals surface area contributed by atoms with E-state index in [1.165, 1.54) is 17.3 Å². The number of nitrogens with one attached hydrogen (secondary N) is 2. The van der Waals surface area contributed by atoms with Crippen LogP contribution in [0.2, 0.25) is 0 Å². The lowest BCUT2D eigenvalue weighted by Gasteiger charge is -2.39. The Morgan fingerprint density at radius 2 is 1.81 bits per heavy atom. The van der Waals surface area contributed by atoms with Crippen molar-refractivity contribution in [2.24, 2.45) is 0 Å². The van der Waals surface area contributed by atoms with Crippen LogP contribution in [0.25, 0.3) is 10.9 Å². The quantitative estimate of drug-likeness (QED) is 0.386. The number of anilines is 4. The lowest BCUT2D eigenvalue weighted by atomic mass is 9.74. The number of amides is 1. The molecule has 4 aromatic rings. The highest BCUT2D eigenvalue weighted by molar-refractivity contribution is 6.05. The Morgan fingerprint density at radius 3 is 2.54 bits per heavy atom. The molecule has 2 aromatic carbocycles. The summed E-state index contributed by atoms with van der Waals surface area (Å²) < 4.78 is 0. The van der Waals surface area contributed by atoms with Crippen molar-refractivity contribution in [2.75, 3.05) is 28.6 Å². The minimum absolute atomic E-state index is 0.00497. The van der Waals surface area contributed by atoms with Crippen molar-refractivity contribution in [1.82, 2.24) is 9.97 Å². The third kappa shape index (κ3) is 3.86. The molecule has 6 rings (SSSR count). The summed E-state index contributed by atoms with van der Waals surface area (Å²) in [5.41, 5.74) is 8.35. The summed E-state index contributed by atoms with van der Waals surface area (Å²) in [7, 11) is 0. The highest BCUT2D eigenvalue weighted by atomic mass is 16.2. The van der Waals surface area contributed by atoms with E-state index in [-0.39, 0.29) is 5.91 Å². The predicted molar refractivity (Wildman–Crippen MR) is 146 cm³/mol. The number of piperidine rings is 1. The van der Waals surface area contributed by atoms with Crippen molar-refractivity contribution in [3.63, 3.8) is 0 Å². The van der Waals surface area contributed by atoms with Crippen LogP contribution in [-0.4, -0.2) is 29.0 Å². The molecule has 1 amide bonds. The van der Waals surface area contributed by atoms with Crippen molar-refractivity contribution in [1.29, 1.82) is 5.26 Å². The maximum Gasteiger partial charge on any atom is 0.236 e. The first-order valence-electron chi connectivity index (χ1n) is 12.6.